The number of aromatic carboxylic acids is 1. The minimum atomic E-state index is -1.22. The SMILES string of the molecule is CCOC(=O)C[C@@H](Cc1ccc(-c2ccccc2OC)cc1)NC(=O)c1cc(C(=O)O)[nH]n1. The number of benzene rings is 2. The van der Waals surface area contributed by atoms with Gasteiger partial charge in [-0.25, -0.2) is 4.79 Å². The van der Waals surface area contributed by atoms with Crippen molar-refractivity contribution in [1.29, 1.82) is 0 Å². The number of esters is 1. The molecule has 1 heterocycles. The number of rotatable bonds is 10. The fraction of sp³-hybridized carbons (Fsp3) is 0.250. The molecule has 0 aliphatic carbocycles. The molecule has 1 aromatic heterocycles. The lowest BCUT2D eigenvalue weighted by Gasteiger charge is -2.18. The van der Waals surface area contributed by atoms with E-state index in [0.717, 1.165) is 28.5 Å². The molecule has 0 fully saturated rings. The number of aromatic amines is 1. The molecule has 3 rings (SSSR count). The highest BCUT2D eigenvalue weighted by Crippen LogP contribution is 2.29. The molecule has 0 saturated heterocycles. The predicted molar refractivity (Wildman–Crippen MR) is 120 cm³/mol. The zero-order valence-electron chi connectivity index (χ0n) is 18.3. The van der Waals surface area contributed by atoms with Crippen LogP contribution in [0.3, 0.4) is 0 Å². The number of aromatic nitrogens is 2. The number of nitrogens with zero attached hydrogens (tertiary/aromatic N) is 1. The first-order chi connectivity index (χ1) is 15.9. The Morgan fingerprint density at radius 1 is 1.12 bits per heavy atom. The lowest BCUT2D eigenvalue weighted by molar-refractivity contribution is -0.143. The van der Waals surface area contributed by atoms with Crippen LogP contribution in [0.1, 0.15) is 39.9 Å². The Kier molecular flexibility index (Phi) is 7.80. The monoisotopic (exact) mass is 451 g/mol. The van der Waals surface area contributed by atoms with E-state index in [1.54, 1.807) is 14.0 Å². The lowest BCUT2D eigenvalue weighted by Crippen LogP contribution is -2.38. The molecule has 0 aliphatic heterocycles. The maximum Gasteiger partial charge on any atom is 0.353 e. The summed E-state index contributed by atoms with van der Waals surface area (Å²) in [5, 5.41) is 17.8. The summed E-state index contributed by atoms with van der Waals surface area (Å²) in [7, 11) is 1.62. The van der Waals surface area contributed by atoms with Gasteiger partial charge < -0.3 is 19.9 Å². The molecule has 2 aromatic carbocycles. The van der Waals surface area contributed by atoms with Crippen LogP contribution >= 0.6 is 0 Å². The summed E-state index contributed by atoms with van der Waals surface area (Å²) in [6.07, 6.45) is 0.330. The van der Waals surface area contributed by atoms with Gasteiger partial charge in [-0.15, -0.1) is 0 Å². The highest BCUT2D eigenvalue weighted by Gasteiger charge is 2.21. The van der Waals surface area contributed by atoms with Crippen LogP contribution in [0.25, 0.3) is 11.1 Å². The second-order valence-corrected chi connectivity index (χ2v) is 7.25. The zero-order valence-corrected chi connectivity index (χ0v) is 18.3. The third-order valence-electron chi connectivity index (χ3n) is 4.95. The number of ether oxygens (including phenoxy) is 2. The zero-order chi connectivity index (χ0) is 23.8. The lowest BCUT2D eigenvalue weighted by atomic mass is 9.98. The molecule has 9 heteroatoms. The van der Waals surface area contributed by atoms with E-state index in [0.29, 0.717) is 6.42 Å². The molecule has 1 amide bonds. The number of nitrogens with one attached hydrogen (secondary N) is 2. The second kappa shape index (κ2) is 10.9. The topological polar surface area (TPSA) is 131 Å². The van der Waals surface area contributed by atoms with Crippen molar-refractivity contribution in [2.45, 2.75) is 25.8 Å². The van der Waals surface area contributed by atoms with Crippen molar-refractivity contribution in [3.8, 4) is 16.9 Å². The average molecular weight is 451 g/mol. The molecule has 1 atom stereocenters. The third-order valence-corrected chi connectivity index (χ3v) is 4.95. The van der Waals surface area contributed by atoms with Crippen molar-refractivity contribution < 1.29 is 29.0 Å². The van der Waals surface area contributed by atoms with Crippen LogP contribution in [0, 0.1) is 0 Å². The summed E-state index contributed by atoms with van der Waals surface area (Å²) in [5.41, 5.74) is 2.55. The predicted octanol–water partition coefficient (Wildman–Crippen LogP) is 3.08. The number of methoxy groups -OCH3 is 1. The van der Waals surface area contributed by atoms with Crippen LogP contribution in [0.5, 0.6) is 5.75 Å². The van der Waals surface area contributed by atoms with E-state index in [-0.39, 0.29) is 24.4 Å². The van der Waals surface area contributed by atoms with E-state index in [2.05, 4.69) is 15.5 Å². The summed E-state index contributed by atoms with van der Waals surface area (Å²) in [4.78, 5) is 35.7. The van der Waals surface area contributed by atoms with Gasteiger partial charge in [0.15, 0.2) is 5.69 Å². The Hall–Kier alpha value is -4.14. The van der Waals surface area contributed by atoms with Crippen LogP contribution < -0.4 is 10.1 Å². The molecule has 3 N–H and O–H groups in total. The number of carboxylic acids is 1. The van der Waals surface area contributed by atoms with Gasteiger partial charge in [0.1, 0.15) is 11.4 Å². The molecule has 3 aromatic rings. The molecular weight excluding hydrogens is 426 g/mol. The first kappa shape index (κ1) is 23.5. The van der Waals surface area contributed by atoms with Gasteiger partial charge in [0.25, 0.3) is 5.91 Å². The number of hydrogen-bond acceptors (Lipinski definition) is 6. The van der Waals surface area contributed by atoms with Crippen LogP contribution in [0.2, 0.25) is 0 Å². The third kappa shape index (κ3) is 6.19. The van der Waals surface area contributed by atoms with E-state index >= 15 is 0 Å². The number of H-pyrrole nitrogens is 1. The molecule has 0 aliphatic rings. The first-order valence-electron chi connectivity index (χ1n) is 10.4. The van der Waals surface area contributed by atoms with Crippen molar-refractivity contribution in [2.24, 2.45) is 0 Å². The standard InChI is InChI=1S/C24H25N3O6/c1-3-33-22(28)13-17(25-23(29)19-14-20(24(30)31)27-26-19)12-15-8-10-16(11-9-15)18-6-4-5-7-21(18)32-2/h4-11,14,17H,3,12-13H2,1-2H3,(H,25,29)(H,26,27)(H,30,31)/t17-/m1/s1. The molecule has 0 radical (unpaired) electrons. The number of carboxylic acid groups (broad SMARTS) is 1. The normalized spacial score (nSPS) is 11.5. The number of carbonyl (C=O) groups excluding carboxylic acids is 2. The maximum absolute atomic E-state index is 12.6. The smallest absolute Gasteiger partial charge is 0.353 e. The highest BCUT2D eigenvalue weighted by atomic mass is 16.5. The minimum absolute atomic E-state index is 0.0376. The highest BCUT2D eigenvalue weighted by molar-refractivity contribution is 5.95. The van der Waals surface area contributed by atoms with E-state index in [4.69, 9.17) is 14.6 Å². The van der Waals surface area contributed by atoms with Gasteiger partial charge in [0.05, 0.1) is 20.1 Å². The van der Waals surface area contributed by atoms with Gasteiger partial charge in [-0.2, -0.15) is 5.10 Å². The van der Waals surface area contributed by atoms with Gasteiger partial charge in [-0.3, -0.25) is 14.7 Å². The summed E-state index contributed by atoms with van der Waals surface area (Å²) in [5.74, 6) is -1.49. The molecule has 0 saturated carbocycles. The van der Waals surface area contributed by atoms with Gasteiger partial charge in [-0.1, -0.05) is 42.5 Å². The quantitative estimate of drug-likeness (QED) is 0.404. The Morgan fingerprint density at radius 2 is 1.85 bits per heavy atom. The van der Waals surface area contributed by atoms with Gasteiger partial charge in [0.2, 0.25) is 0 Å². The van der Waals surface area contributed by atoms with Crippen molar-refractivity contribution in [3.05, 3.63) is 71.5 Å². The number of para-hydroxylation sites is 1. The van der Waals surface area contributed by atoms with Crippen molar-refractivity contribution in [1.82, 2.24) is 15.5 Å². The molecule has 9 nitrogen and oxygen atoms in total. The molecule has 172 valence electrons. The van der Waals surface area contributed by atoms with Crippen LogP contribution in [-0.4, -0.2) is 52.9 Å². The Bertz CT molecular complexity index is 1120. The van der Waals surface area contributed by atoms with Crippen molar-refractivity contribution >= 4 is 17.8 Å². The summed E-state index contributed by atoms with van der Waals surface area (Å²) >= 11 is 0. The van der Waals surface area contributed by atoms with E-state index in [9.17, 15) is 14.4 Å². The minimum Gasteiger partial charge on any atom is -0.496 e. The van der Waals surface area contributed by atoms with E-state index in [1.807, 2.05) is 48.5 Å². The van der Waals surface area contributed by atoms with Crippen LogP contribution in [-0.2, 0) is 16.0 Å². The maximum atomic E-state index is 12.6. The summed E-state index contributed by atoms with van der Waals surface area (Å²) in [6.45, 7) is 1.94. The number of hydrogen-bond donors (Lipinski definition) is 3. The second-order valence-electron chi connectivity index (χ2n) is 7.25. The van der Waals surface area contributed by atoms with Gasteiger partial charge in [0, 0.05) is 17.7 Å². The number of carbonyl (C=O) groups is 3. The van der Waals surface area contributed by atoms with E-state index in [1.165, 1.54) is 0 Å². The Labute approximate surface area is 190 Å². The van der Waals surface area contributed by atoms with E-state index < -0.39 is 23.9 Å². The molecule has 0 unspecified atom stereocenters. The molecule has 33 heavy (non-hydrogen) atoms. The number of amides is 1. The van der Waals surface area contributed by atoms with Crippen LogP contribution in [0.4, 0.5) is 0 Å². The fourth-order valence-electron chi connectivity index (χ4n) is 3.39. The Morgan fingerprint density at radius 3 is 2.48 bits per heavy atom. The Balaban J connectivity index is 1.75. The van der Waals surface area contributed by atoms with Gasteiger partial charge >= 0.3 is 11.9 Å². The summed E-state index contributed by atoms with van der Waals surface area (Å²) < 4.78 is 10.5. The largest absolute Gasteiger partial charge is 0.496 e. The van der Waals surface area contributed by atoms with Crippen molar-refractivity contribution in [3.63, 3.8) is 0 Å². The molecular formula is C24H25N3O6. The first-order valence-corrected chi connectivity index (χ1v) is 10.4. The molecule has 0 bridgehead atoms. The fourth-order valence-corrected chi connectivity index (χ4v) is 3.39. The molecule has 0 spiro atoms. The summed E-state index contributed by atoms with van der Waals surface area (Å²) in [6, 6.07) is 16.0. The van der Waals surface area contributed by atoms with Crippen LogP contribution in [0.15, 0.2) is 54.6 Å². The van der Waals surface area contributed by atoms with Crippen molar-refractivity contribution in [2.75, 3.05) is 13.7 Å². The average Bonchev–Trinajstić information content (AvgIpc) is 3.31. The van der Waals surface area contributed by atoms with Gasteiger partial charge in [-0.05, 0) is 30.5 Å².